The molecule has 0 amide bonds. The van der Waals surface area contributed by atoms with E-state index in [0.29, 0.717) is 6.07 Å². The fraction of sp³-hybridized carbons (Fsp3) is 0.300. The second-order valence-corrected chi connectivity index (χ2v) is 6.27. The van der Waals surface area contributed by atoms with Crippen LogP contribution >= 0.6 is 0 Å². The molecule has 0 radical (unpaired) electrons. The van der Waals surface area contributed by atoms with E-state index >= 15 is 0 Å². The molecule has 0 aliphatic rings. The third-order valence-corrected chi connectivity index (χ3v) is 3.41. The van der Waals surface area contributed by atoms with Gasteiger partial charge >= 0.3 is 0 Å². The van der Waals surface area contributed by atoms with E-state index in [-0.39, 0.29) is 29.3 Å². The van der Waals surface area contributed by atoms with Crippen LogP contribution in [0, 0.1) is 11.6 Å². The van der Waals surface area contributed by atoms with Gasteiger partial charge in [0.2, 0.25) is 5.95 Å². The molecule has 0 atom stereocenters. The van der Waals surface area contributed by atoms with E-state index < -0.39 is 21.5 Å². The highest BCUT2D eigenvalue weighted by Crippen LogP contribution is 2.22. The van der Waals surface area contributed by atoms with Crippen molar-refractivity contribution in [1.29, 1.82) is 0 Å². The first-order chi connectivity index (χ1) is 8.28. The quantitative estimate of drug-likeness (QED) is 0.904. The summed E-state index contributed by atoms with van der Waals surface area (Å²) in [5.74, 6) is -1.81. The number of halogens is 2. The van der Waals surface area contributed by atoms with Gasteiger partial charge in [0.25, 0.3) is 0 Å². The van der Waals surface area contributed by atoms with Crippen molar-refractivity contribution in [3.8, 4) is 0 Å². The fourth-order valence-electron chi connectivity index (χ4n) is 1.66. The highest BCUT2D eigenvalue weighted by atomic mass is 32.2. The molecule has 8 heteroatoms. The largest absolute Gasteiger partial charge is 0.369 e. The van der Waals surface area contributed by atoms with Gasteiger partial charge in [-0.25, -0.2) is 22.2 Å². The number of nitrogen functional groups attached to an aromatic ring is 1. The molecule has 18 heavy (non-hydrogen) atoms. The third-order valence-electron chi connectivity index (χ3n) is 2.49. The van der Waals surface area contributed by atoms with E-state index in [1.807, 2.05) is 0 Å². The van der Waals surface area contributed by atoms with Gasteiger partial charge in [0, 0.05) is 24.9 Å². The molecule has 2 rings (SSSR count). The number of sulfone groups is 1. The third kappa shape index (κ3) is 2.42. The topological polar surface area (TPSA) is 78.0 Å². The van der Waals surface area contributed by atoms with E-state index in [0.717, 1.165) is 12.3 Å². The first-order valence-electron chi connectivity index (χ1n) is 5.06. The molecule has 5 nitrogen and oxygen atoms in total. The lowest BCUT2D eigenvalue weighted by Crippen LogP contribution is -2.13. The number of rotatable bonds is 3. The molecular weight excluding hydrogens is 264 g/mol. The van der Waals surface area contributed by atoms with Gasteiger partial charge in [-0.05, 0) is 0 Å². The predicted octanol–water partition coefficient (Wildman–Crippen LogP) is 0.941. The minimum atomic E-state index is -3.20. The van der Waals surface area contributed by atoms with Crippen LogP contribution in [-0.2, 0) is 16.4 Å². The lowest BCUT2D eigenvalue weighted by molar-refractivity contribution is 0.589. The molecular formula is C10H11F2N3O2S. The maximum Gasteiger partial charge on any atom is 0.201 e. The average Bonchev–Trinajstić information content (AvgIpc) is 2.51. The Labute approximate surface area is 102 Å². The maximum absolute atomic E-state index is 13.4. The van der Waals surface area contributed by atoms with Crippen molar-refractivity contribution >= 4 is 26.8 Å². The standard InChI is InChI=1S/C10H11F2N3O2S/c1-18(16,17)3-2-15-8-5-6(11)4-7(12)9(8)14-10(15)13/h4-5H,2-3H2,1H3,(H2,13,14). The molecule has 1 heterocycles. The first kappa shape index (κ1) is 12.7. The molecule has 0 spiro atoms. The van der Waals surface area contributed by atoms with Crippen LogP contribution in [0.25, 0.3) is 11.0 Å². The van der Waals surface area contributed by atoms with E-state index in [2.05, 4.69) is 4.98 Å². The summed E-state index contributed by atoms with van der Waals surface area (Å²) in [6.07, 6.45) is 1.07. The molecule has 0 saturated heterocycles. The monoisotopic (exact) mass is 275 g/mol. The molecule has 1 aromatic carbocycles. The fourth-order valence-corrected chi connectivity index (χ4v) is 2.17. The summed E-state index contributed by atoms with van der Waals surface area (Å²) in [5, 5.41) is 0. The van der Waals surface area contributed by atoms with Crippen molar-refractivity contribution in [1.82, 2.24) is 9.55 Å². The number of nitrogens with two attached hydrogens (primary N) is 1. The number of anilines is 1. The Morgan fingerprint density at radius 1 is 1.39 bits per heavy atom. The highest BCUT2D eigenvalue weighted by Gasteiger charge is 2.15. The lowest BCUT2D eigenvalue weighted by Gasteiger charge is -2.05. The van der Waals surface area contributed by atoms with Crippen molar-refractivity contribution in [2.75, 3.05) is 17.7 Å². The summed E-state index contributed by atoms with van der Waals surface area (Å²) in [6, 6.07) is 1.78. The van der Waals surface area contributed by atoms with Gasteiger partial charge in [0.05, 0.1) is 11.3 Å². The Balaban J connectivity index is 2.53. The van der Waals surface area contributed by atoms with Crippen molar-refractivity contribution in [2.24, 2.45) is 0 Å². The predicted molar refractivity (Wildman–Crippen MR) is 63.8 cm³/mol. The summed E-state index contributed by atoms with van der Waals surface area (Å²) < 4.78 is 50.0. The first-order valence-corrected chi connectivity index (χ1v) is 7.12. The number of benzene rings is 1. The Hall–Kier alpha value is -1.70. The van der Waals surface area contributed by atoms with E-state index in [1.165, 1.54) is 4.57 Å². The van der Waals surface area contributed by atoms with Crippen LogP contribution in [0.4, 0.5) is 14.7 Å². The van der Waals surface area contributed by atoms with Gasteiger partial charge in [-0.15, -0.1) is 0 Å². The summed E-state index contributed by atoms with van der Waals surface area (Å²) >= 11 is 0. The Bertz CT molecular complexity index is 709. The summed E-state index contributed by atoms with van der Waals surface area (Å²) in [4.78, 5) is 3.76. The number of fused-ring (bicyclic) bond motifs is 1. The number of aryl methyl sites for hydroxylation is 1. The zero-order chi connectivity index (χ0) is 13.5. The molecule has 0 aliphatic carbocycles. The second kappa shape index (κ2) is 4.20. The molecule has 98 valence electrons. The Kier molecular flexibility index (Phi) is 2.97. The van der Waals surface area contributed by atoms with Crippen LogP contribution in [0.1, 0.15) is 0 Å². The van der Waals surface area contributed by atoms with Gasteiger partial charge in [-0.2, -0.15) is 0 Å². The number of imidazole rings is 1. The molecule has 1 aromatic heterocycles. The van der Waals surface area contributed by atoms with Crippen LogP contribution in [0.3, 0.4) is 0 Å². The van der Waals surface area contributed by atoms with E-state index in [9.17, 15) is 17.2 Å². The number of hydrogen-bond acceptors (Lipinski definition) is 4. The van der Waals surface area contributed by atoms with Gasteiger partial charge in [0.15, 0.2) is 5.82 Å². The Morgan fingerprint density at radius 2 is 2.06 bits per heavy atom. The second-order valence-electron chi connectivity index (χ2n) is 4.01. The van der Waals surface area contributed by atoms with Crippen molar-refractivity contribution in [3.05, 3.63) is 23.8 Å². The van der Waals surface area contributed by atoms with Gasteiger partial charge < -0.3 is 10.3 Å². The lowest BCUT2D eigenvalue weighted by atomic mass is 10.3. The minimum Gasteiger partial charge on any atom is -0.369 e. The van der Waals surface area contributed by atoms with Crippen molar-refractivity contribution in [2.45, 2.75) is 6.54 Å². The molecule has 0 bridgehead atoms. The van der Waals surface area contributed by atoms with Crippen LogP contribution in [0.5, 0.6) is 0 Å². The molecule has 0 unspecified atom stereocenters. The number of hydrogen-bond donors (Lipinski definition) is 1. The van der Waals surface area contributed by atoms with Crippen LogP contribution < -0.4 is 5.73 Å². The molecule has 0 saturated carbocycles. The smallest absolute Gasteiger partial charge is 0.201 e. The van der Waals surface area contributed by atoms with Crippen LogP contribution in [0.15, 0.2) is 12.1 Å². The van der Waals surface area contributed by atoms with Crippen LogP contribution in [-0.4, -0.2) is 30.0 Å². The zero-order valence-electron chi connectivity index (χ0n) is 9.52. The zero-order valence-corrected chi connectivity index (χ0v) is 10.3. The summed E-state index contributed by atoms with van der Waals surface area (Å²) in [5.41, 5.74) is 5.65. The van der Waals surface area contributed by atoms with Gasteiger partial charge in [-0.3, -0.25) is 0 Å². The average molecular weight is 275 g/mol. The molecule has 2 N–H and O–H groups in total. The molecule has 0 aliphatic heterocycles. The van der Waals surface area contributed by atoms with E-state index in [4.69, 9.17) is 5.73 Å². The maximum atomic E-state index is 13.4. The van der Waals surface area contributed by atoms with Gasteiger partial charge in [-0.1, -0.05) is 0 Å². The minimum absolute atomic E-state index is 0.00403. The van der Waals surface area contributed by atoms with Crippen molar-refractivity contribution < 1.29 is 17.2 Å². The normalized spacial score (nSPS) is 12.2. The number of aromatic nitrogens is 2. The SMILES string of the molecule is CS(=O)(=O)CCn1c(N)nc2c(F)cc(F)cc21. The van der Waals surface area contributed by atoms with Crippen LogP contribution in [0.2, 0.25) is 0 Å². The van der Waals surface area contributed by atoms with E-state index in [1.54, 1.807) is 0 Å². The summed E-state index contributed by atoms with van der Waals surface area (Å²) in [6.45, 7) is 0.00403. The molecule has 2 aromatic rings. The highest BCUT2D eigenvalue weighted by molar-refractivity contribution is 7.90. The van der Waals surface area contributed by atoms with Gasteiger partial charge in [0.1, 0.15) is 21.2 Å². The molecule has 0 fully saturated rings. The van der Waals surface area contributed by atoms with Crippen molar-refractivity contribution in [3.63, 3.8) is 0 Å². The Morgan fingerprint density at radius 3 is 2.67 bits per heavy atom. The summed E-state index contributed by atoms with van der Waals surface area (Å²) in [7, 11) is -3.20. The number of nitrogens with zero attached hydrogens (tertiary/aromatic N) is 2.